The summed E-state index contributed by atoms with van der Waals surface area (Å²) in [6, 6.07) is 5.24. The third-order valence-electron chi connectivity index (χ3n) is 2.40. The molecule has 0 aliphatic heterocycles. The lowest BCUT2D eigenvalue weighted by atomic mass is 10.2. The van der Waals surface area contributed by atoms with Crippen LogP contribution in [0.2, 0.25) is 0 Å². The molecule has 0 spiro atoms. The Morgan fingerprint density at radius 3 is 2.88 bits per heavy atom. The van der Waals surface area contributed by atoms with Crippen molar-refractivity contribution in [1.29, 1.82) is 0 Å². The quantitative estimate of drug-likeness (QED) is 0.722. The zero-order valence-corrected chi connectivity index (χ0v) is 11.0. The molecule has 1 aromatic rings. The van der Waals surface area contributed by atoms with Gasteiger partial charge >= 0.3 is 0 Å². The number of hydrogen-bond donors (Lipinski definition) is 2. The number of ether oxygens (including phenoxy) is 1. The monoisotopic (exact) mass is 257 g/mol. The van der Waals surface area contributed by atoms with Crippen LogP contribution < -0.4 is 10.1 Å². The van der Waals surface area contributed by atoms with Crippen LogP contribution in [-0.2, 0) is 17.3 Å². The van der Waals surface area contributed by atoms with E-state index in [1.54, 1.807) is 12.1 Å². The maximum atomic E-state index is 11.2. The highest BCUT2D eigenvalue weighted by atomic mass is 32.2. The van der Waals surface area contributed by atoms with Gasteiger partial charge in [0.2, 0.25) is 0 Å². The summed E-state index contributed by atoms with van der Waals surface area (Å²) in [5.41, 5.74) is 1.03. The van der Waals surface area contributed by atoms with E-state index in [1.807, 2.05) is 13.0 Å². The number of aromatic hydroxyl groups is 1. The van der Waals surface area contributed by atoms with E-state index in [0.717, 1.165) is 12.1 Å². The molecule has 0 aliphatic rings. The normalized spacial score (nSPS) is 12.4. The fourth-order valence-electron chi connectivity index (χ4n) is 1.40. The summed E-state index contributed by atoms with van der Waals surface area (Å²) in [7, 11) is 0.803. The van der Waals surface area contributed by atoms with E-state index in [2.05, 4.69) is 5.32 Å². The molecule has 1 atom stereocenters. The van der Waals surface area contributed by atoms with Gasteiger partial charge in [-0.3, -0.25) is 4.21 Å². The molecule has 0 aromatic heterocycles. The van der Waals surface area contributed by atoms with Crippen molar-refractivity contribution in [3.05, 3.63) is 23.8 Å². The van der Waals surface area contributed by atoms with E-state index in [0.29, 0.717) is 23.8 Å². The van der Waals surface area contributed by atoms with Crippen LogP contribution in [0.3, 0.4) is 0 Å². The van der Waals surface area contributed by atoms with E-state index in [4.69, 9.17) is 4.74 Å². The summed E-state index contributed by atoms with van der Waals surface area (Å²) < 4.78 is 16.2. The number of phenols is 1. The van der Waals surface area contributed by atoms with Gasteiger partial charge in [-0.15, -0.1) is 0 Å². The minimum absolute atomic E-state index is 0.142. The molecular weight excluding hydrogens is 238 g/mol. The fourth-order valence-corrected chi connectivity index (χ4v) is 2.06. The Kier molecular flexibility index (Phi) is 6.00. The van der Waals surface area contributed by atoms with E-state index in [-0.39, 0.29) is 5.75 Å². The Labute approximate surface area is 104 Å². The summed E-state index contributed by atoms with van der Waals surface area (Å²) in [4.78, 5) is 0. The molecule has 1 unspecified atom stereocenters. The van der Waals surface area contributed by atoms with E-state index < -0.39 is 10.8 Å². The van der Waals surface area contributed by atoms with Gasteiger partial charge in [-0.1, -0.05) is 13.0 Å². The molecule has 17 heavy (non-hydrogen) atoms. The van der Waals surface area contributed by atoms with Crippen LogP contribution >= 0.6 is 0 Å². The highest BCUT2D eigenvalue weighted by Gasteiger charge is 2.02. The molecule has 0 fully saturated rings. The molecular formula is C12H19NO3S. The summed E-state index contributed by atoms with van der Waals surface area (Å²) in [6.07, 6.45) is 0. The molecule has 0 radical (unpaired) electrons. The second kappa shape index (κ2) is 7.29. The zero-order valence-electron chi connectivity index (χ0n) is 10.2. The van der Waals surface area contributed by atoms with Gasteiger partial charge in [-0.05, 0) is 17.7 Å². The molecule has 1 rings (SSSR count). The van der Waals surface area contributed by atoms with Crippen LogP contribution in [0.4, 0.5) is 0 Å². The Morgan fingerprint density at radius 1 is 1.47 bits per heavy atom. The Bertz CT molecular complexity index is 382. The SMILES string of the molecule is CCS(=O)CCNCc1ccc(O)c(OC)c1. The minimum atomic E-state index is -0.722. The zero-order chi connectivity index (χ0) is 12.7. The average molecular weight is 257 g/mol. The number of rotatable bonds is 7. The van der Waals surface area contributed by atoms with Gasteiger partial charge in [0.05, 0.1) is 7.11 Å². The maximum absolute atomic E-state index is 11.2. The van der Waals surface area contributed by atoms with Gasteiger partial charge in [-0.2, -0.15) is 0 Å². The smallest absolute Gasteiger partial charge is 0.160 e. The van der Waals surface area contributed by atoms with Crippen LogP contribution in [0.15, 0.2) is 18.2 Å². The van der Waals surface area contributed by atoms with Crippen LogP contribution in [0.25, 0.3) is 0 Å². The Hall–Kier alpha value is -1.07. The fraction of sp³-hybridized carbons (Fsp3) is 0.500. The highest BCUT2D eigenvalue weighted by molar-refractivity contribution is 7.84. The topological polar surface area (TPSA) is 58.6 Å². The summed E-state index contributed by atoms with van der Waals surface area (Å²) in [5, 5.41) is 12.6. The van der Waals surface area contributed by atoms with E-state index >= 15 is 0 Å². The molecule has 0 saturated heterocycles. The predicted molar refractivity (Wildman–Crippen MR) is 69.9 cm³/mol. The Balaban J connectivity index is 2.39. The van der Waals surface area contributed by atoms with Gasteiger partial charge in [0.1, 0.15) is 0 Å². The first kappa shape index (κ1) is 14.0. The third kappa shape index (κ3) is 4.75. The van der Waals surface area contributed by atoms with Crippen molar-refractivity contribution < 1.29 is 14.1 Å². The standard InChI is InChI=1S/C12H19NO3S/c1-3-17(15)7-6-13-9-10-4-5-11(14)12(8-10)16-2/h4-5,8,13-14H,3,6-7,9H2,1-2H3. The molecule has 0 aliphatic carbocycles. The van der Waals surface area contributed by atoms with Crippen molar-refractivity contribution in [2.24, 2.45) is 0 Å². The largest absolute Gasteiger partial charge is 0.504 e. The van der Waals surface area contributed by atoms with Gasteiger partial charge in [-0.25, -0.2) is 0 Å². The molecule has 2 N–H and O–H groups in total. The number of methoxy groups -OCH3 is 1. The summed E-state index contributed by atoms with van der Waals surface area (Å²) in [6.45, 7) is 3.32. The number of hydrogen-bond acceptors (Lipinski definition) is 4. The van der Waals surface area contributed by atoms with Crippen molar-refractivity contribution in [3.63, 3.8) is 0 Å². The van der Waals surface area contributed by atoms with Gasteiger partial charge in [0.15, 0.2) is 11.5 Å². The molecule has 1 aromatic carbocycles. The van der Waals surface area contributed by atoms with Crippen molar-refractivity contribution >= 4 is 10.8 Å². The van der Waals surface area contributed by atoms with Gasteiger partial charge in [0.25, 0.3) is 0 Å². The average Bonchev–Trinajstić information content (AvgIpc) is 2.36. The molecule has 0 amide bonds. The lowest BCUT2D eigenvalue weighted by Crippen LogP contribution is -2.20. The van der Waals surface area contributed by atoms with Crippen molar-refractivity contribution in [1.82, 2.24) is 5.32 Å². The first-order valence-corrected chi connectivity index (χ1v) is 7.07. The number of benzene rings is 1. The lowest BCUT2D eigenvalue weighted by Gasteiger charge is -2.07. The second-order valence-corrected chi connectivity index (χ2v) is 5.48. The van der Waals surface area contributed by atoms with Gasteiger partial charge < -0.3 is 15.2 Å². The van der Waals surface area contributed by atoms with Crippen LogP contribution in [0.5, 0.6) is 11.5 Å². The predicted octanol–water partition coefficient (Wildman–Crippen LogP) is 1.26. The number of phenolic OH excluding ortho intramolecular Hbond substituents is 1. The van der Waals surface area contributed by atoms with Crippen molar-refractivity contribution in [3.8, 4) is 11.5 Å². The summed E-state index contributed by atoms with van der Waals surface area (Å²) in [5.74, 6) is 1.99. The minimum Gasteiger partial charge on any atom is -0.504 e. The number of nitrogens with one attached hydrogen (secondary N) is 1. The highest BCUT2D eigenvalue weighted by Crippen LogP contribution is 2.25. The van der Waals surface area contributed by atoms with Crippen molar-refractivity contribution in [2.45, 2.75) is 13.5 Å². The third-order valence-corrected chi connectivity index (χ3v) is 3.71. The van der Waals surface area contributed by atoms with E-state index in [1.165, 1.54) is 7.11 Å². The molecule has 5 heteroatoms. The molecule has 0 bridgehead atoms. The molecule has 0 saturated carbocycles. The lowest BCUT2D eigenvalue weighted by molar-refractivity contribution is 0.373. The molecule has 4 nitrogen and oxygen atoms in total. The van der Waals surface area contributed by atoms with Crippen LogP contribution in [-0.4, -0.2) is 34.5 Å². The first-order valence-electron chi connectivity index (χ1n) is 5.59. The summed E-state index contributed by atoms with van der Waals surface area (Å²) >= 11 is 0. The van der Waals surface area contributed by atoms with Crippen molar-refractivity contribution in [2.75, 3.05) is 25.2 Å². The van der Waals surface area contributed by atoms with Gasteiger partial charge in [0, 0.05) is 35.4 Å². The molecule has 0 heterocycles. The van der Waals surface area contributed by atoms with E-state index in [9.17, 15) is 9.32 Å². The van der Waals surface area contributed by atoms with Crippen LogP contribution in [0, 0.1) is 0 Å². The Morgan fingerprint density at radius 2 is 2.24 bits per heavy atom. The second-order valence-electron chi connectivity index (χ2n) is 3.62. The first-order chi connectivity index (χ1) is 8.17. The maximum Gasteiger partial charge on any atom is 0.160 e. The van der Waals surface area contributed by atoms with Crippen LogP contribution in [0.1, 0.15) is 12.5 Å². The molecule has 96 valence electrons.